The lowest BCUT2D eigenvalue weighted by Gasteiger charge is -2.50. The summed E-state index contributed by atoms with van der Waals surface area (Å²) < 4.78 is 27.4. The zero-order valence-corrected chi connectivity index (χ0v) is 18.6. The van der Waals surface area contributed by atoms with Crippen molar-refractivity contribution in [1.82, 2.24) is 0 Å². The molecule has 0 aromatic rings. The SMILES string of the molecule is N[C@H]1[C@@H](OC2[C@@H](CO)O[C@@H](OC3[C@@H](CO)O[C@@H](O)[C@H](N)[C@H]3O)[C@H](N)[C@H]2O)O[C@](N)(CO)[C@@H](O)[C@@H]1O. The van der Waals surface area contributed by atoms with E-state index < -0.39 is 111 Å². The lowest BCUT2D eigenvalue weighted by atomic mass is 9.92. The van der Waals surface area contributed by atoms with E-state index in [1.807, 2.05) is 0 Å². The molecule has 0 spiro atoms. The minimum Gasteiger partial charge on any atom is -0.394 e. The van der Waals surface area contributed by atoms with Crippen molar-refractivity contribution in [2.24, 2.45) is 22.9 Å². The molecule has 0 aliphatic carbocycles. The second-order valence-electron chi connectivity index (χ2n) is 8.92. The molecule has 3 aliphatic rings. The number of aliphatic hydroxyl groups excluding tert-OH is 8. The van der Waals surface area contributed by atoms with Gasteiger partial charge < -0.3 is 81.7 Å². The maximum Gasteiger partial charge on any atom is 0.178 e. The van der Waals surface area contributed by atoms with Crippen LogP contribution in [0.2, 0.25) is 0 Å². The van der Waals surface area contributed by atoms with Crippen molar-refractivity contribution in [2.45, 2.75) is 91.6 Å². The average molecular weight is 517 g/mol. The highest BCUT2D eigenvalue weighted by Crippen LogP contribution is 2.32. The molecule has 0 bridgehead atoms. The Kier molecular flexibility index (Phi) is 9.39. The van der Waals surface area contributed by atoms with Gasteiger partial charge in [-0.3, -0.25) is 5.73 Å². The summed E-state index contributed by atoms with van der Waals surface area (Å²) in [6.45, 7) is -2.31. The summed E-state index contributed by atoms with van der Waals surface area (Å²) in [7, 11) is 0. The largest absolute Gasteiger partial charge is 0.394 e. The van der Waals surface area contributed by atoms with E-state index in [2.05, 4.69) is 0 Å². The highest BCUT2D eigenvalue weighted by Gasteiger charge is 2.55. The minimum absolute atomic E-state index is 0.665. The van der Waals surface area contributed by atoms with E-state index in [0.717, 1.165) is 0 Å². The van der Waals surface area contributed by atoms with Crippen LogP contribution in [0.1, 0.15) is 0 Å². The van der Waals surface area contributed by atoms with Gasteiger partial charge in [0.15, 0.2) is 24.6 Å². The van der Waals surface area contributed by atoms with Gasteiger partial charge in [0, 0.05) is 0 Å². The Hall–Kier alpha value is -0.680. The summed E-state index contributed by atoms with van der Waals surface area (Å²) in [4.78, 5) is 0. The van der Waals surface area contributed by atoms with Gasteiger partial charge in [-0.15, -0.1) is 0 Å². The Morgan fingerprint density at radius 2 is 1.17 bits per heavy atom. The topological polar surface area (TPSA) is 312 Å². The molecule has 3 heterocycles. The summed E-state index contributed by atoms with van der Waals surface area (Å²) in [5, 5.41) is 80.1. The molecule has 16 N–H and O–H groups in total. The predicted molar refractivity (Wildman–Crippen MR) is 110 cm³/mol. The monoisotopic (exact) mass is 516 g/mol. The molecule has 0 radical (unpaired) electrons. The summed E-state index contributed by atoms with van der Waals surface area (Å²) in [6.07, 6.45) is -16.4. The average Bonchev–Trinajstić information content (AvgIpc) is 2.85. The van der Waals surface area contributed by atoms with Crippen molar-refractivity contribution in [1.29, 1.82) is 0 Å². The molecule has 17 heteroatoms. The van der Waals surface area contributed by atoms with Gasteiger partial charge in [-0.25, -0.2) is 0 Å². The van der Waals surface area contributed by atoms with Crippen molar-refractivity contribution in [3.8, 4) is 0 Å². The van der Waals surface area contributed by atoms with Crippen LogP contribution in [-0.2, 0) is 23.7 Å². The third-order valence-electron chi connectivity index (χ3n) is 6.52. The fourth-order valence-electron chi connectivity index (χ4n) is 4.23. The maximum atomic E-state index is 10.8. The van der Waals surface area contributed by atoms with Crippen LogP contribution >= 0.6 is 0 Å². The standard InChI is InChI=1S/C18H36N4O13/c19-6-9(26)12(4(1-23)31-15(6)30)33-16-7(20)10(27)13(5(2-24)32-16)34-17-8(21)11(28)14(29)18(22,3-25)35-17/h4-17,23-30H,1-3,19-22H2/t4-,5-,6-,7-,8-,9-,10-,11-,12?,13?,14+,15-,16+,17+,18-/m1/s1. The van der Waals surface area contributed by atoms with Crippen LogP contribution in [0.15, 0.2) is 0 Å². The molecular weight excluding hydrogens is 480 g/mol. The predicted octanol–water partition coefficient (Wildman–Crippen LogP) is -8.39. The molecule has 206 valence electrons. The van der Waals surface area contributed by atoms with E-state index in [1.54, 1.807) is 0 Å². The van der Waals surface area contributed by atoms with E-state index >= 15 is 0 Å². The van der Waals surface area contributed by atoms with Crippen LogP contribution in [0, 0.1) is 0 Å². The van der Waals surface area contributed by atoms with Crippen LogP contribution in [0.25, 0.3) is 0 Å². The van der Waals surface area contributed by atoms with Crippen molar-refractivity contribution in [3.05, 3.63) is 0 Å². The second-order valence-corrected chi connectivity index (χ2v) is 8.92. The second kappa shape index (κ2) is 11.4. The maximum absolute atomic E-state index is 10.8. The third kappa shape index (κ3) is 5.47. The summed E-state index contributed by atoms with van der Waals surface area (Å²) in [5.41, 5.74) is 21.2. The van der Waals surface area contributed by atoms with Crippen molar-refractivity contribution in [3.63, 3.8) is 0 Å². The minimum atomic E-state index is -2.14. The van der Waals surface area contributed by atoms with E-state index in [-0.39, 0.29) is 0 Å². The number of nitrogens with two attached hydrogens (primary N) is 4. The van der Waals surface area contributed by atoms with Crippen molar-refractivity contribution < 1.29 is 64.5 Å². The van der Waals surface area contributed by atoms with Crippen LogP contribution in [0.3, 0.4) is 0 Å². The van der Waals surface area contributed by atoms with Crippen LogP contribution in [0.5, 0.6) is 0 Å². The highest BCUT2D eigenvalue weighted by atomic mass is 16.7. The van der Waals surface area contributed by atoms with E-state index in [0.29, 0.717) is 0 Å². The normalized spacial score (nSPS) is 53.5. The first-order valence-electron chi connectivity index (χ1n) is 11.0. The Balaban J connectivity index is 1.74. The summed E-state index contributed by atoms with van der Waals surface area (Å²) in [6, 6.07) is -4.03. The van der Waals surface area contributed by atoms with Gasteiger partial charge in [0.05, 0.1) is 37.9 Å². The number of aliphatic hydroxyl groups is 8. The fourth-order valence-corrected chi connectivity index (χ4v) is 4.23. The molecule has 0 saturated carbocycles. The number of hydrogen-bond donors (Lipinski definition) is 12. The number of rotatable bonds is 7. The first-order valence-corrected chi connectivity index (χ1v) is 11.0. The Morgan fingerprint density at radius 1 is 0.686 bits per heavy atom. The quantitative estimate of drug-likeness (QED) is 0.149. The first-order chi connectivity index (χ1) is 16.4. The Bertz CT molecular complexity index is 695. The molecule has 0 amide bonds. The molecule has 3 aliphatic heterocycles. The van der Waals surface area contributed by atoms with Gasteiger partial charge in [0.2, 0.25) is 0 Å². The molecular formula is C18H36N4O13. The van der Waals surface area contributed by atoms with Crippen LogP contribution in [-0.4, -0.2) is 152 Å². The third-order valence-corrected chi connectivity index (χ3v) is 6.52. The lowest BCUT2D eigenvalue weighted by molar-refractivity contribution is -0.360. The zero-order chi connectivity index (χ0) is 26.2. The number of ether oxygens (including phenoxy) is 5. The summed E-state index contributed by atoms with van der Waals surface area (Å²) >= 11 is 0. The van der Waals surface area contributed by atoms with Gasteiger partial charge in [-0.05, 0) is 0 Å². The molecule has 2 unspecified atom stereocenters. The van der Waals surface area contributed by atoms with E-state index in [9.17, 15) is 40.9 Å². The molecule has 35 heavy (non-hydrogen) atoms. The molecule has 0 aromatic carbocycles. The first kappa shape index (κ1) is 28.9. The molecule has 3 saturated heterocycles. The lowest BCUT2D eigenvalue weighted by Crippen LogP contribution is -2.73. The van der Waals surface area contributed by atoms with Crippen LogP contribution in [0.4, 0.5) is 0 Å². The molecule has 15 atom stereocenters. The van der Waals surface area contributed by atoms with Gasteiger partial charge in [-0.1, -0.05) is 0 Å². The molecule has 0 aromatic heterocycles. The molecule has 3 rings (SSSR count). The van der Waals surface area contributed by atoms with Gasteiger partial charge >= 0.3 is 0 Å². The van der Waals surface area contributed by atoms with Crippen molar-refractivity contribution >= 4 is 0 Å². The van der Waals surface area contributed by atoms with Gasteiger partial charge in [0.25, 0.3) is 0 Å². The smallest absolute Gasteiger partial charge is 0.178 e. The fraction of sp³-hybridized carbons (Fsp3) is 1.00. The highest BCUT2D eigenvalue weighted by molar-refractivity contribution is 5.01. The summed E-state index contributed by atoms with van der Waals surface area (Å²) in [5.74, 6) is 0. The Morgan fingerprint density at radius 3 is 1.71 bits per heavy atom. The Labute approximate surface area is 199 Å². The number of hydrogen-bond acceptors (Lipinski definition) is 17. The van der Waals surface area contributed by atoms with E-state index in [4.69, 9.17) is 46.6 Å². The van der Waals surface area contributed by atoms with Gasteiger partial charge in [0.1, 0.15) is 48.8 Å². The molecule has 3 fully saturated rings. The van der Waals surface area contributed by atoms with Gasteiger partial charge in [-0.2, -0.15) is 0 Å². The van der Waals surface area contributed by atoms with Crippen molar-refractivity contribution in [2.75, 3.05) is 19.8 Å². The molecule has 17 nitrogen and oxygen atoms in total. The van der Waals surface area contributed by atoms with Crippen LogP contribution < -0.4 is 22.9 Å². The van der Waals surface area contributed by atoms with E-state index in [1.165, 1.54) is 0 Å². The zero-order valence-electron chi connectivity index (χ0n) is 18.6.